The molecule has 0 radical (unpaired) electrons. The summed E-state index contributed by atoms with van der Waals surface area (Å²) in [4.78, 5) is 24.7. The molecule has 1 saturated carbocycles. The standard InChI is InChI=1S/C16H22FN3O4/c1-3-20(9-15(21)22)12-7-11(8-12)18-16(23)19-13-6-10(17)4-5-14(13)24-2/h4-6,11-12H,3,7-9H2,1-2H3,(H,21,22)(H2,18,19,23). The summed E-state index contributed by atoms with van der Waals surface area (Å²) < 4.78 is 18.4. The van der Waals surface area contributed by atoms with Crippen LogP contribution in [0.1, 0.15) is 19.8 Å². The predicted molar refractivity (Wildman–Crippen MR) is 86.8 cm³/mol. The van der Waals surface area contributed by atoms with Crippen molar-refractivity contribution < 1.29 is 23.8 Å². The highest BCUT2D eigenvalue weighted by Gasteiger charge is 2.34. The van der Waals surface area contributed by atoms with Crippen LogP contribution in [0.25, 0.3) is 0 Å². The number of aliphatic carboxylic acids is 1. The Bertz CT molecular complexity index is 605. The zero-order valence-electron chi connectivity index (χ0n) is 13.7. The molecule has 0 heterocycles. The molecule has 1 aromatic rings. The summed E-state index contributed by atoms with van der Waals surface area (Å²) in [5.74, 6) is -0.956. The summed E-state index contributed by atoms with van der Waals surface area (Å²) in [6, 6.07) is 3.56. The quantitative estimate of drug-likeness (QED) is 0.706. The number of nitrogens with one attached hydrogen (secondary N) is 2. The number of hydrogen-bond donors (Lipinski definition) is 3. The number of nitrogens with zero attached hydrogens (tertiary/aromatic N) is 1. The number of carbonyl (C=O) groups is 2. The Hall–Kier alpha value is -2.35. The first kappa shape index (κ1) is 18.0. The van der Waals surface area contributed by atoms with E-state index in [1.54, 1.807) is 0 Å². The van der Waals surface area contributed by atoms with E-state index < -0.39 is 17.8 Å². The minimum absolute atomic E-state index is 0.000570. The van der Waals surface area contributed by atoms with Crippen LogP contribution in [0, 0.1) is 5.82 Å². The predicted octanol–water partition coefficient (Wildman–Crippen LogP) is 1.89. The fourth-order valence-electron chi connectivity index (χ4n) is 2.80. The number of amides is 2. The monoisotopic (exact) mass is 339 g/mol. The molecule has 1 aliphatic rings. The van der Waals surface area contributed by atoms with Gasteiger partial charge in [0.1, 0.15) is 11.6 Å². The van der Waals surface area contributed by atoms with Crippen LogP contribution in [0.4, 0.5) is 14.9 Å². The largest absolute Gasteiger partial charge is 0.495 e. The topological polar surface area (TPSA) is 90.9 Å². The number of carboxylic acids is 1. The van der Waals surface area contributed by atoms with E-state index in [1.165, 1.54) is 25.3 Å². The van der Waals surface area contributed by atoms with Crippen molar-refractivity contribution in [2.24, 2.45) is 0 Å². The number of urea groups is 1. The molecule has 1 aromatic carbocycles. The summed E-state index contributed by atoms with van der Waals surface area (Å²) in [7, 11) is 1.44. The molecule has 8 heteroatoms. The number of likely N-dealkylation sites (N-methyl/N-ethyl adjacent to an activating group) is 1. The van der Waals surface area contributed by atoms with Crippen LogP contribution in [0.15, 0.2) is 18.2 Å². The average Bonchev–Trinajstić information content (AvgIpc) is 2.48. The van der Waals surface area contributed by atoms with Crippen LogP contribution in [0.2, 0.25) is 0 Å². The second kappa shape index (κ2) is 7.96. The van der Waals surface area contributed by atoms with Gasteiger partial charge in [-0.3, -0.25) is 9.69 Å². The summed E-state index contributed by atoms with van der Waals surface area (Å²) in [6.45, 7) is 2.56. The van der Waals surface area contributed by atoms with E-state index >= 15 is 0 Å². The number of hydrogen-bond acceptors (Lipinski definition) is 4. The number of methoxy groups -OCH3 is 1. The number of anilines is 1. The molecule has 0 saturated heterocycles. The van der Waals surface area contributed by atoms with Gasteiger partial charge >= 0.3 is 12.0 Å². The highest BCUT2D eigenvalue weighted by molar-refractivity contribution is 5.91. The van der Waals surface area contributed by atoms with Crippen molar-refractivity contribution in [2.75, 3.05) is 25.5 Å². The Morgan fingerprint density at radius 1 is 1.42 bits per heavy atom. The lowest BCUT2D eigenvalue weighted by Crippen LogP contribution is -2.55. The van der Waals surface area contributed by atoms with Crippen molar-refractivity contribution in [3.63, 3.8) is 0 Å². The summed E-state index contributed by atoms with van der Waals surface area (Å²) in [5, 5.41) is 14.2. The lowest BCUT2D eigenvalue weighted by Gasteiger charge is -2.42. The number of halogens is 1. The van der Waals surface area contributed by atoms with Gasteiger partial charge in [-0.05, 0) is 31.5 Å². The lowest BCUT2D eigenvalue weighted by molar-refractivity contribution is -0.139. The van der Waals surface area contributed by atoms with Crippen LogP contribution in [0.3, 0.4) is 0 Å². The highest BCUT2D eigenvalue weighted by Crippen LogP contribution is 2.27. The van der Waals surface area contributed by atoms with Gasteiger partial charge in [0.15, 0.2) is 0 Å². The molecular formula is C16H22FN3O4. The molecule has 1 fully saturated rings. The third kappa shape index (κ3) is 4.58. The zero-order chi connectivity index (χ0) is 17.7. The molecule has 2 rings (SSSR count). The van der Waals surface area contributed by atoms with Gasteiger partial charge in [-0.15, -0.1) is 0 Å². The highest BCUT2D eigenvalue weighted by atomic mass is 19.1. The van der Waals surface area contributed by atoms with E-state index in [0.717, 1.165) is 0 Å². The van der Waals surface area contributed by atoms with Gasteiger partial charge in [0.2, 0.25) is 0 Å². The van der Waals surface area contributed by atoms with Gasteiger partial charge in [-0.2, -0.15) is 0 Å². The molecule has 2 amide bonds. The number of carbonyl (C=O) groups excluding carboxylic acids is 1. The molecule has 3 N–H and O–H groups in total. The van der Waals surface area contributed by atoms with Gasteiger partial charge in [0.25, 0.3) is 0 Å². The van der Waals surface area contributed by atoms with E-state index in [1.807, 2.05) is 11.8 Å². The summed E-state index contributed by atoms with van der Waals surface area (Å²) in [6.07, 6.45) is 1.38. The second-order valence-electron chi connectivity index (χ2n) is 5.72. The van der Waals surface area contributed by atoms with Crippen molar-refractivity contribution in [3.8, 4) is 5.75 Å². The molecule has 0 unspecified atom stereocenters. The number of carboxylic acid groups (broad SMARTS) is 1. The normalized spacial score (nSPS) is 19.5. The molecule has 24 heavy (non-hydrogen) atoms. The van der Waals surface area contributed by atoms with Gasteiger partial charge < -0.3 is 20.5 Å². The minimum Gasteiger partial charge on any atom is -0.495 e. The molecule has 0 aromatic heterocycles. The van der Waals surface area contributed by atoms with E-state index in [-0.39, 0.29) is 24.3 Å². The number of rotatable bonds is 7. The third-order valence-electron chi connectivity index (χ3n) is 4.12. The Balaban J connectivity index is 1.83. The second-order valence-corrected chi connectivity index (χ2v) is 5.72. The molecule has 0 atom stereocenters. The number of benzene rings is 1. The molecule has 0 bridgehead atoms. The fraction of sp³-hybridized carbons (Fsp3) is 0.500. The average molecular weight is 339 g/mol. The molecular weight excluding hydrogens is 317 g/mol. The molecule has 0 aliphatic heterocycles. The Morgan fingerprint density at radius 2 is 2.12 bits per heavy atom. The van der Waals surface area contributed by atoms with Crippen LogP contribution in [-0.4, -0.2) is 54.3 Å². The maximum absolute atomic E-state index is 13.3. The first-order valence-electron chi connectivity index (χ1n) is 7.79. The molecule has 7 nitrogen and oxygen atoms in total. The Labute approximate surface area is 139 Å². The number of ether oxygens (including phenoxy) is 1. The maximum Gasteiger partial charge on any atom is 0.319 e. The van der Waals surface area contributed by atoms with Crippen molar-refractivity contribution in [3.05, 3.63) is 24.0 Å². The van der Waals surface area contributed by atoms with Crippen LogP contribution in [0.5, 0.6) is 5.75 Å². The lowest BCUT2D eigenvalue weighted by atomic mass is 9.85. The van der Waals surface area contributed by atoms with Gasteiger partial charge in [0, 0.05) is 18.2 Å². The van der Waals surface area contributed by atoms with E-state index in [0.29, 0.717) is 25.1 Å². The fourth-order valence-corrected chi connectivity index (χ4v) is 2.80. The maximum atomic E-state index is 13.3. The smallest absolute Gasteiger partial charge is 0.319 e. The van der Waals surface area contributed by atoms with E-state index in [4.69, 9.17) is 9.84 Å². The van der Waals surface area contributed by atoms with E-state index in [2.05, 4.69) is 10.6 Å². The first-order valence-corrected chi connectivity index (χ1v) is 7.79. The third-order valence-corrected chi connectivity index (χ3v) is 4.12. The van der Waals surface area contributed by atoms with Gasteiger partial charge in [0.05, 0.1) is 19.3 Å². The van der Waals surface area contributed by atoms with Crippen LogP contribution < -0.4 is 15.4 Å². The summed E-state index contributed by atoms with van der Waals surface area (Å²) in [5.41, 5.74) is 0.256. The van der Waals surface area contributed by atoms with Crippen molar-refractivity contribution in [1.82, 2.24) is 10.2 Å². The van der Waals surface area contributed by atoms with Gasteiger partial charge in [-0.25, -0.2) is 9.18 Å². The van der Waals surface area contributed by atoms with Crippen LogP contribution in [-0.2, 0) is 4.79 Å². The minimum atomic E-state index is -0.857. The van der Waals surface area contributed by atoms with Crippen molar-refractivity contribution in [2.45, 2.75) is 31.8 Å². The van der Waals surface area contributed by atoms with Crippen molar-refractivity contribution >= 4 is 17.7 Å². The Morgan fingerprint density at radius 3 is 2.71 bits per heavy atom. The SMILES string of the molecule is CCN(CC(=O)O)C1CC(NC(=O)Nc2cc(F)ccc2OC)C1. The van der Waals surface area contributed by atoms with E-state index in [9.17, 15) is 14.0 Å². The Kier molecular flexibility index (Phi) is 5.97. The van der Waals surface area contributed by atoms with Crippen molar-refractivity contribution in [1.29, 1.82) is 0 Å². The molecule has 1 aliphatic carbocycles. The van der Waals surface area contributed by atoms with Crippen LogP contribution >= 0.6 is 0 Å². The molecule has 0 spiro atoms. The summed E-state index contributed by atoms with van der Waals surface area (Å²) >= 11 is 0. The zero-order valence-corrected chi connectivity index (χ0v) is 13.7. The van der Waals surface area contributed by atoms with Gasteiger partial charge in [-0.1, -0.05) is 6.92 Å². The first-order chi connectivity index (χ1) is 11.4. The molecule has 132 valence electrons.